The molecule has 0 radical (unpaired) electrons. The Labute approximate surface area is 111 Å². The molecule has 1 aromatic rings. The first-order chi connectivity index (χ1) is 9.11. The van der Waals surface area contributed by atoms with Gasteiger partial charge in [0.2, 0.25) is 5.91 Å². The maximum atomic E-state index is 11.5. The van der Waals surface area contributed by atoms with Crippen LogP contribution in [0.2, 0.25) is 0 Å². The molecular weight excluding hydrogens is 248 g/mol. The number of ether oxygens (including phenoxy) is 1. The standard InChI is InChI=1S/C13H16N2O4/c1-14-12(17)9-19-13(18)8-15-11(16)7-10-5-3-2-4-6-10/h2-6H,7-9H2,1H3,(H,14,17)(H,15,16). The molecule has 0 saturated carbocycles. The summed E-state index contributed by atoms with van der Waals surface area (Å²) in [6.07, 6.45) is 0.198. The zero-order valence-electron chi connectivity index (χ0n) is 10.6. The average Bonchev–Trinajstić information content (AvgIpc) is 2.43. The lowest BCUT2D eigenvalue weighted by atomic mass is 10.1. The minimum atomic E-state index is -0.648. The second-order valence-electron chi connectivity index (χ2n) is 3.77. The SMILES string of the molecule is CNC(=O)COC(=O)CNC(=O)Cc1ccccc1. The summed E-state index contributed by atoms with van der Waals surface area (Å²) in [4.78, 5) is 33.5. The first-order valence-electron chi connectivity index (χ1n) is 5.78. The molecule has 0 aliphatic carbocycles. The molecule has 0 heterocycles. The summed E-state index contributed by atoms with van der Waals surface area (Å²) in [5, 5.41) is 4.74. The van der Waals surface area contributed by atoms with Gasteiger partial charge in [-0.25, -0.2) is 0 Å². The molecule has 0 bridgehead atoms. The first kappa shape index (κ1) is 14.7. The van der Waals surface area contributed by atoms with Gasteiger partial charge in [-0.2, -0.15) is 0 Å². The van der Waals surface area contributed by atoms with E-state index >= 15 is 0 Å². The van der Waals surface area contributed by atoms with Crippen LogP contribution in [-0.4, -0.2) is 38.0 Å². The number of hydrogen-bond acceptors (Lipinski definition) is 4. The Morgan fingerprint density at radius 1 is 1.11 bits per heavy atom. The molecule has 0 fully saturated rings. The van der Waals surface area contributed by atoms with Crippen LogP contribution in [0.5, 0.6) is 0 Å². The topological polar surface area (TPSA) is 84.5 Å². The summed E-state index contributed by atoms with van der Waals surface area (Å²) in [7, 11) is 1.44. The van der Waals surface area contributed by atoms with Gasteiger partial charge in [-0.15, -0.1) is 0 Å². The summed E-state index contributed by atoms with van der Waals surface area (Å²) < 4.78 is 4.63. The minimum absolute atomic E-state index is 0.198. The molecule has 102 valence electrons. The largest absolute Gasteiger partial charge is 0.454 e. The van der Waals surface area contributed by atoms with Gasteiger partial charge in [0.15, 0.2) is 6.61 Å². The lowest BCUT2D eigenvalue weighted by Crippen LogP contribution is -2.33. The number of carbonyl (C=O) groups excluding carboxylic acids is 3. The van der Waals surface area contributed by atoms with Crippen LogP contribution in [-0.2, 0) is 25.5 Å². The fourth-order valence-electron chi connectivity index (χ4n) is 1.28. The highest BCUT2D eigenvalue weighted by Crippen LogP contribution is 1.98. The molecule has 0 aliphatic heterocycles. The van der Waals surface area contributed by atoms with Crippen molar-refractivity contribution in [2.75, 3.05) is 20.2 Å². The lowest BCUT2D eigenvalue weighted by molar-refractivity contribution is -0.148. The highest BCUT2D eigenvalue weighted by molar-refractivity contribution is 5.85. The van der Waals surface area contributed by atoms with Crippen LogP contribution in [0, 0.1) is 0 Å². The van der Waals surface area contributed by atoms with Crippen molar-refractivity contribution < 1.29 is 19.1 Å². The minimum Gasteiger partial charge on any atom is -0.454 e. The highest BCUT2D eigenvalue weighted by Gasteiger charge is 2.08. The summed E-state index contributed by atoms with van der Waals surface area (Å²) in [5.41, 5.74) is 0.860. The zero-order chi connectivity index (χ0) is 14.1. The van der Waals surface area contributed by atoms with Gasteiger partial charge in [0.05, 0.1) is 6.42 Å². The van der Waals surface area contributed by atoms with Gasteiger partial charge in [-0.05, 0) is 5.56 Å². The van der Waals surface area contributed by atoms with E-state index in [9.17, 15) is 14.4 Å². The molecule has 0 atom stereocenters. The molecule has 1 rings (SSSR count). The Balaban J connectivity index is 2.23. The second-order valence-corrected chi connectivity index (χ2v) is 3.77. The fourth-order valence-corrected chi connectivity index (χ4v) is 1.28. The molecule has 0 unspecified atom stereocenters. The van der Waals surface area contributed by atoms with E-state index in [1.54, 1.807) is 0 Å². The molecule has 0 aliphatic rings. The van der Waals surface area contributed by atoms with E-state index in [4.69, 9.17) is 0 Å². The van der Waals surface area contributed by atoms with Crippen molar-refractivity contribution in [2.24, 2.45) is 0 Å². The molecule has 0 saturated heterocycles. The van der Waals surface area contributed by atoms with E-state index in [-0.39, 0.29) is 25.5 Å². The van der Waals surface area contributed by atoms with E-state index in [1.165, 1.54) is 7.05 Å². The monoisotopic (exact) mass is 264 g/mol. The van der Waals surface area contributed by atoms with Gasteiger partial charge >= 0.3 is 5.97 Å². The predicted molar refractivity (Wildman–Crippen MR) is 68.2 cm³/mol. The molecule has 0 spiro atoms. The number of likely N-dealkylation sites (N-methyl/N-ethyl adjacent to an activating group) is 1. The molecule has 6 heteroatoms. The van der Waals surface area contributed by atoms with Crippen LogP contribution in [0.15, 0.2) is 30.3 Å². The van der Waals surface area contributed by atoms with E-state index in [0.717, 1.165) is 5.56 Å². The van der Waals surface area contributed by atoms with Crippen molar-refractivity contribution >= 4 is 17.8 Å². The van der Waals surface area contributed by atoms with Crippen LogP contribution in [0.1, 0.15) is 5.56 Å². The summed E-state index contributed by atoms with van der Waals surface area (Å²) >= 11 is 0. The number of benzene rings is 1. The zero-order valence-corrected chi connectivity index (χ0v) is 10.6. The third-order valence-electron chi connectivity index (χ3n) is 2.28. The summed E-state index contributed by atoms with van der Waals surface area (Å²) in [5.74, 6) is -1.32. The maximum absolute atomic E-state index is 11.5. The Hall–Kier alpha value is -2.37. The summed E-state index contributed by atoms with van der Waals surface area (Å²) in [6, 6.07) is 9.17. The second kappa shape index (κ2) is 7.86. The normalized spacial score (nSPS) is 9.53. The number of rotatable bonds is 6. The van der Waals surface area contributed by atoms with Crippen molar-refractivity contribution in [3.63, 3.8) is 0 Å². The molecule has 6 nitrogen and oxygen atoms in total. The Morgan fingerprint density at radius 3 is 2.42 bits per heavy atom. The van der Waals surface area contributed by atoms with E-state index in [1.807, 2.05) is 30.3 Å². The van der Waals surface area contributed by atoms with E-state index in [2.05, 4.69) is 15.4 Å². The fraction of sp³-hybridized carbons (Fsp3) is 0.308. The van der Waals surface area contributed by atoms with Crippen LogP contribution in [0.3, 0.4) is 0 Å². The number of nitrogens with one attached hydrogen (secondary N) is 2. The molecule has 0 aromatic heterocycles. The number of esters is 1. The number of hydrogen-bond donors (Lipinski definition) is 2. The molecule has 19 heavy (non-hydrogen) atoms. The van der Waals surface area contributed by atoms with Crippen molar-refractivity contribution in [1.82, 2.24) is 10.6 Å². The Bertz CT molecular complexity index is 445. The highest BCUT2D eigenvalue weighted by atomic mass is 16.5. The smallest absolute Gasteiger partial charge is 0.325 e. The molecule has 2 N–H and O–H groups in total. The quantitative estimate of drug-likeness (QED) is 0.687. The third-order valence-corrected chi connectivity index (χ3v) is 2.28. The first-order valence-corrected chi connectivity index (χ1v) is 5.78. The van der Waals surface area contributed by atoms with Crippen molar-refractivity contribution in [1.29, 1.82) is 0 Å². The van der Waals surface area contributed by atoms with Crippen molar-refractivity contribution in [3.05, 3.63) is 35.9 Å². The van der Waals surface area contributed by atoms with Gasteiger partial charge in [0.1, 0.15) is 6.54 Å². The van der Waals surface area contributed by atoms with Crippen LogP contribution in [0.25, 0.3) is 0 Å². The van der Waals surface area contributed by atoms with Gasteiger partial charge in [0.25, 0.3) is 5.91 Å². The predicted octanol–water partition coefficient (Wildman–Crippen LogP) is -0.365. The van der Waals surface area contributed by atoms with Crippen LogP contribution < -0.4 is 10.6 Å². The summed E-state index contributed by atoms with van der Waals surface area (Å²) in [6.45, 7) is -0.591. The molecular formula is C13H16N2O4. The lowest BCUT2D eigenvalue weighted by Gasteiger charge is -2.06. The van der Waals surface area contributed by atoms with Gasteiger partial charge in [0, 0.05) is 7.05 Å². The Kier molecular flexibility index (Phi) is 6.08. The van der Waals surface area contributed by atoms with Gasteiger partial charge in [-0.3, -0.25) is 14.4 Å². The number of amides is 2. The van der Waals surface area contributed by atoms with Crippen LogP contribution in [0.4, 0.5) is 0 Å². The molecule has 1 aromatic carbocycles. The van der Waals surface area contributed by atoms with Crippen molar-refractivity contribution in [3.8, 4) is 0 Å². The average molecular weight is 264 g/mol. The number of carbonyl (C=O) groups is 3. The Morgan fingerprint density at radius 2 is 1.79 bits per heavy atom. The third kappa shape index (κ3) is 6.21. The molecule has 2 amide bonds. The maximum Gasteiger partial charge on any atom is 0.325 e. The van der Waals surface area contributed by atoms with Crippen molar-refractivity contribution in [2.45, 2.75) is 6.42 Å². The van der Waals surface area contributed by atoms with Crippen LogP contribution >= 0.6 is 0 Å². The van der Waals surface area contributed by atoms with Gasteiger partial charge in [-0.1, -0.05) is 30.3 Å². The van der Waals surface area contributed by atoms with E-state index < -0.39 is 11.9 Å². The van der Waals surface area contributed by atoms with E-state index in [0.29, 0.717) is 0 Å². The van der Waals surface area contributed by atoms with Gasteiger partial charge < -0.3 is 15.4 Å².